The Kier molecular flexibility index (Phi) is 6.16. The van der Waals surface area contributed by atoms with Crippen LogP contribution >= 0.6 is 0 Å². The van der Waals surface area contributed by atoms with Gasteiger partial charge in [0.15, 0.2) is 6.10 Å². The molecule has 1 saturated heterocycles. The van der Waals surface area contributed by atoms with E-state index in [4.69, 9.17) is 4.74 Å². The smallest absolute Gasteiger partial charge is 0.250 e. The van der Waals surface area contributed by atoms with Crippen molar-refractivity contribution in [1.29, 1.82) is 0 Å². The summed E-state index contributed by atoms with van der Waals surface area (Å²) in [7, 11) is 1.58. The molecule has 1 aromatic rings. The highest BCUT2D eigenvalue weighted by Gasteiger charge is 2.33. The van der Waals surface area contributed by atoms with Gasteiger partial charge in [-0.3, -0.25) is 9.59 Å². The Bertz CT molecular complexity index is 530. The Labute approximate surface area is 138 Å². The number of rotatable bonds is 5. The summed E-state index contributed by atoms with van der Waals surface area (Å²) in [5.41, 5.74) is 1.16. The van der Waals surface area contributed by atoms with Crippen LogP contribution in [0.5, 0.6) is 0 Å². The molecule has 0 spiro atoms. The Balaban J connectivity index is 2.06. The van der Waals surface area contributed by atoms with Crippen molar-refractivity contribution in [2.45, 2.75) is 26.4 Å². The lowest BCUT2D eigenvalue weighted by Gasteiger charge is -2.35. The van der Waals surface area contributed by atoms with Gasteiger partial charge in [-0.15, -0.1) is 0 Å². The van der Waals surface area contributed by atoms with Gasteiger partial charge in [0.1, 0.15) is 0 Å². The molecule has 5 nitrogen and oxygen atoms in total. The Hall–Kier alpha value is -1.88. The maximum Gasteiger partial charge on any atom is 0.250 e. The molecular weight excluding hydrogens is 292 g/mol. The largest absolute Gasteiger partial charge is 0.365 e. The molecule has 1 aliphatic rings. The highest BCUT2D eigenvalue weighted by Crippen LogP contribution is 2.21. The van der Waals surface area contributed by atoms with Crippen LogP contribution in [0.15, 0.2) is 30.3 Å². The molecule has 1 aliphatic heterocycles. The fourth-order valence-corrected chi connectivity index (χ4v) is 2.88. The van der Waals surface area contributed by atoms with Crippen molar-refractivity contribution >= 4 is 11.8 Å². The van der Waals surface area contributed by atoms with E-state index in [2.05, 4.69) is 31.3 Å². The van der Waals surface area contributed by atoms with E-state index >= 15 is 0 Å². The number of carbonyl (C=O) groups excluding carboxylic acids is 2. The van der Waals surface area contributed by atoms with Crippen LogP contribution < -0.4 is 5.32 Å². The van der Waals surface area contributed by atoms with Crippen LogP contribution in [-0.2, 0) is 20.7 Å². The van der Waals surface area contributed by atoms with Gasteiger partial charge in [-0.2, -0.15) is 0 Å². The van der Waals surface area contributed by atoms with Crippen molar-refractivity contribution in [2.24, 2.45) is 11.8 Å². The van der Waals surface area contributed by atoms with E-state index in [-0.39, 0.29) is 23.7 Å². The first kappa shape index (κ1) is 17.5. The van der Waals surface area contributed by atoms with E-state index < -0.39 is 6.10 Å². The maximum absolute atomic E-state index is 12.9. The number of nitrogens with zero attached hydrogens (tertiary/aromatic N) is 1. The summed E-state index contributed by atoms with van der Waals surface area (Å²) in [4.78, 5) is 26.5. The SMILES string of the molecule is CNC(=O)C1CN(C(=O)C(Cc2ccccc2)C(C)C)CCO1. The number of benzene rings is 1. The number of hydrogen-bond donors (Lipinski definition) is 1. The predicted molar refractivity (Wildman–Crippen MR) is 88.9 cm³/mol. The number of carbonyl (C=O) groups is 2. The fraction of sp³-hybridized carbons (Fsp3) is 0.556. The van der Waals surface area contributed by atoms with Crippen LogP contribution in [0.2, 0.25) is 0 Å². The van der Waals surface area contributed by atoms with Gasteiger partial charge in [0.05, 0.1) is 13.2 Å². The summed E-state index contributed by atoms with van der Waals surface area (Å²) < 4.78 is 5.46. The molecule has 0 radical (unpaired) electrons. The van der Waals surface area contributed by atoms with Gasteiger partial charge in [-0.1, -0.05) is 44.2 Å². The predicted octanol–water partition coefficient (Wildman–Crippen LogP) is 1.47. The first-order chi connectivity index (χ1) is 11.0. The summed E-state index contributed by atoms with van der Waals surface area (Å²) in [5.74, 6) is 0.0950. The Morgan fingerprint density at radius 2 is 2.00 bits per heavy atom. The first-order valence-electron chi connectivity index (χ1n) is 8.18. The third-order valence-corrected chi connectivity index (χ3v) is 4.34. The third-order valence-electron chi connectivity index (χ3n) is 4.34. The average Bonchev–Trinajstić information content (AvgIpc) is 2.59. The monoisotopic (exact) mass is 318 g/mol. The first-order valence-corrected chi connectivity index (χ1v) is 8.18. The topological polar surface area (TPSA) is 58.6 Å². The summed E-state index contributed by atoms with van der Waals surface area (Å²) in [6.07, 6.45) is 0.154. The standard InChI is InChI=1S/C18H26N2O3/c1-13(2)15(11-14-7-5-4-6-8-14)18(22)20-9-10-23-16(12-20)17(21)19-3/h4-8,13,15-16H,9-12H2,1-3H3,(H,19,21). The quantitative estimate of drug-likeness (QED) is 0.894. The molecule has 1 fully saturated rings. The number of hydrogen-bond acceptors (Lipinski definition) is 3. The second kappa shape index (κ2) is 8.11. The molecule has 0 aromatic heterocycles. The van der Waals surface area contributed by atoms with Crippen LogP contribution in [0.1, 0.15) is 19.4 Å². The van der Waals surface area contributed by atoms with Gasteiger partial charge in [0, 0.05) is 19.5 Å². The second-order valence-electron chi connectivity index (χ2n) is 6.30. The molecule has 1 aromatic carbocycles. The summed E-state index contributed by atoms with van der Waals surface area (Å²) in [6.45, 7) is 5.42. The molecule has 1 N–H and O–H groups in total. The van der Waals surface area contributed by atoms with Crippen molar-refractivity contribution in [1.82, 2.24) is 10.2 Å². The summed E-state index contributed by atoms with van der Waals surface area (Å²) in [6, 6.07) is 10.1. The maximum atomic E-state index is 12.9. The van der Waals surface area contributed by atoms with E-state index in [9.17, 15) is 9.59 Å². The van der Waals surface area contributed by atoms with Crippen molar-refractivity contribution in [3.05, 3.63) is 35.9 Å². The molecule has 2 unspecified atom stereocenters. The van der Waals surface area contributed by atoms with Gasteiger partial charge < -0.3 is 15.0 Å². The lowest BCUT2D eigenvalue weighted by molar-refractivity contribution is -0.150. The zero-order chi connectivity index (χ0) is 16.8. The molecule has 2 amide bonds. The zero-order valence-corrected chi connectivity index (χ0v) is 14.1. The van der Waals surface area contributed by atoms with Crippen LogP contribution in [-0.4, -0.2) is 49.6 Å². The molecule has 0 aliphatic carbocycles. The summed E-state index contributed by atoms with van der Waals surface area (Å²) in [5, 5.41) is 2.58. The van der Waals surface area contributed by atoms with Gasteiger partial charge in [-0.05, 0) is 17.9 Å². The highest BCUT2D eigenvalue weighted by atomic mass is 16.5. The number of ether oxygens (including phenoxy) is 1. The second-order valence-corrected chi connectivity index (χ2v) is 6.30. The van der Waals surface area contributed by atoms with Crippen molar-refractivity contribution < 1.29 is 14.3 Å². The molecule has 2 rings (SSSR count). The van der Waals surface area contributed by atoms with Crippen LogP contribution in [0, 0.1) is 11.8 Å². The number of amides is 2. The molecule has 0 saturated carbocycles. The number of morpholine rings is 1. The average molecular weight is 318 g/mol. The van der Waals surface area contributed by atoms with Crippen LogP contribution in [0.3, 0.4) is 0 Å². The van der Waals surface area contributed by atoms with E-state index in [1.807, 2.05) is 18.2 Å². The van der Waals surface area contributed by atoms with Gasteiger partial charge in [-0.25, -0.2) is 0 Å². The summed E-state index contributed by atoms with van der Waals surface area (Å²) >= 11 is 0. The van der Waals surface area contributed by atoms with E-state index in [0.29, 0.717) is 19.7 Å². The van der Waals surface area contributed by atoms with Crippen molar-refractivity contribution in [2.75, 3.05) is 26.7 Å². The molecule has 126 valence electrons. The minimum atomic E-state index is -0.567. The van der Waals surface area contributed by atoms with E-state index in [0.717, 1.165) is 12.0 Å². The van der Waals surface area contributed by atoms with Crippen molar-refractivity contribution in [3.63, 3.8) is 0 Å². The lowest BCUT2D eigenvalue weighted by Crippen LogP contribution is -2.53. The molecule has 0 bridgehead atoms. The van der Waals surface area contributed by atoms with Gasteiger partial charge in [0.2, 0.25) is 5.91 Å². The van der Waals surface area contributed by atoms with Crippen LogP contribution in [0.25, 0.3) is 0 Å². The number of likely N-dealkylation sites (N-methyl/N-ethyl adjacent to an activating group) is 1. The lowest BCUT2D eigenvalue weighted by atomic mass is 9.87. The molecule has 1 heterocycles. The van der Waals surface area contributed by atoms with Crippen molar-refractivity contribution in [3.8, 4) is 0 Å². The van der Waals surface area contributed by atoms with E-state index in [1.165, 1.54) is 0 Å². The van der Waals surface area contributed by atoms with Gasteiger partial charge >= 0.3 is 0 Å². The van der Waals surface area contributed by atoms with E-state index in [1.54, 1.807) is 11.9 Å². The molecule has 2 atom stereocenters. The Morgan fingerprint density at radius 1 is 1.30 bits per heavy atom. The minimum Gasteiger partial charge on any atom is -0.365 e. The molecule has 23 heavy (non-hydrogen) atoms. The normalized spacial score (nSPS) is 19.5. The fourth-order valence-electron chi connectivity index (χ4n) is 2.88. The third kappa shape index (κ3) is 4.55. The zero-order valence-electron chi connectivity index (χ0n) is 14.1. The number of nitrogens with one attached hydrogen (secondary N) is 1. The Morgan fingerprint density at radius 3 is 2.61 bits per heavy atom. The minimum absolute atomic E-state index is 0.0826. The van der Waals surface area contributed by atoms with Gasteiger partial charge in [0.25, 0.3) is 5.91 Å². The molecular formula is C18H26N2O3. The highest BCUT2D eigenvalue weighted by molar-refractivity contribution is 5.83. The molecule has 5 heteroatoms. The van der Waals surface area contributed by atoms with Crippen LogP contribution in [0.4, 0.5) is 0 Å².